The Morgan fingerprint density at radius 1 is 1.30 bits per heavy atom. The summed E-state index contributed by atoms with van der Waals surface area (Å²) >= 11 is 5.88. The van der Waals surface area contributed by atoms with Gasteiger partial charge in [0.05, 0.1) is 5.41 Å². The molecule has 0 radical (unpaired) electrons. The molecule has 0 aromatic heterocycles. The molecule has 0 unspecified atom stereocenters. The van der Waals surface area contributed by atoms with Crippen LogP contribution < -0.4 is 5.32 Å². The average molecular weight is 296 g/mol. The predicted octanol–water partition coefficient (Wildman–Crippen LogP) is 3.07. The van der Waals surface area contributed by atoms with Crippen LogP contribution in [0, 0.1) is 5.41 Å². The van der Waals surface area contributed by atoms with Crippen molar-refractivity contribution in [1.82, 2.24) is 5.32 Å². The summed E-state index contributed by atoms with van der Waals surface area (Å²) in [6.07, 6.45) is 1.59. The standard InChI is InChI=1S/C16H22ClNO2/c1-15(2,12-17)14(19)20-16(8-10-18-11-9-16)13-6-4-3-5-7-13/h3-7,18H,8-12H2,1-2H3. The molecule has 4 heteroatoms. The van der Waals surface area contributed by atoms with Gasteiger partial charge in [-0.2, -0.15) is 0 Å². The van der Waals surface area contributed by atoms with E-state index >= 15 is 0 Å². The highest BCUT2D eigenvalue weighted by atomic mass is 35.5. The van der Waals surface area contributed by atoms with Crippen LogP contribution in [0.2, 0.25) is 0 Å². The molecular weight excluding hydrogens is 274 g/mol. The molecule has 0 spiro atoms. The van der Waals surface area contributed by atoms with Crippen molar-refractivity contribution in [2.45, 2.75) is 32.3 Å². The quantitative estimate of drug-likeness (QED) is 0.685. The molecule has 20 heavy (non-hydrogen) atoms. The number of halogens is 1. The van der Waals surface area contributed by atoms with Gasteiger partial charge >= 0.3 is 5.97 Å². The van der Waals surface area contributed by atoms with Crippen LogP contribution in [0.3, 0.4) is 0 Å². The molecule has 0 atom stereocenters. The zero-order valence-electron chi connectivity index (χ0n) is 12.1. The second-order valence-corrected chi connectivity index (χ2v) is 6.28. The smallest absolute Gasteiger partial charge is 0.313 e. The second-order valence-electron chi connectivity index (χ2n) is 6.02. The molecule has 110 valence electrons. The molecular formula is C16H22ClNO2. The van der Waals surface area contributed by atoms with E-state index in [1.54, 1.807) is 0 Å². The highest BCUT2D eigenvalue weighted by Crippen LogP contribution is 2.37. The Bertz CT molecular complexity index is 453. The zero-order chi connectivity index (χ0) is 14.6. The lowest BCUT2D eigenvalue weighted by atomic mass is 9.84. The van der Waals surface area contributed by atoms with Crippen LogP contribution in [0.4, 0.5) is 0 Å². The third-order valence-electron chi connectivity index (χ3n) is 3.89. The third kappa shape index (κ3) is 3.15. The minimum atomic E-state index is -0.659. The predicted molar refractivity (Wildman–Crippen MR) is 80.8 cm³/mol. The molecule has 1 saturated heterocycles. The van der Waals surface area contributed by atoms with Gasteiger partial charge in [0, 0.05) is 18.7 Å². The van der Waals surface area contributed by atoms with E-state index in [1.165, 1.54) is 0 Å². The number of carbonyl (C=O) groups is 1. The van der Waals surface area contributed by atoms with E-state index < -0.39 is 11.0 Å². The number of hydrogen-bond acceptors (Lipinski definition) is 3. The number of piperidine rings is 1. The highest BCUT2D eigenvalue weighted by Gasteiger charge is 2.41. The third-order valence-corrected chi connectivity index (χ3v) is 4.55. The van der Waals surface area contributed by atoms with Crippen molar-refractivity contribution in [3.63, 3.8) is 0 Å². The Labute approximate surface area is 125 Å². The summed E-state index contributed by atoms with van der Waals surface area (Å²) in [6.45, 7) is 5.34. The topological polar surface area (TPSA) is 38.3 Å². The van der Waals surface area contributed by atoms with Gasteiger partial charge in [-0.15, -0.1) is 11.6 Å². The second kappa shape index (κ2) is 6.15. The summed E-state index contributed by atoms with van der Waals surface area (Å²) in [6, 6.07) is 10.0. The zero-order valence-corrected chi connectivity index (χ0v) is 12.9. The molecule has 0 bridgehead atoms. The van der Waals surface area contributed by atoms with Crippen LogP contribution in [0.25, 0.3) is 0 Å². The monoisotopic (exact) mass is 295 g/mol. The van der Waals surface area contributed by atoms with Crippen molar-refractivity contribution in [2.75, 3.05) is 19.0 Å². The molecule has 0 saturated carbocycles. The van der Waals surface area contributed by atoms with E-state index in [4.69, 9.17) is 16.3 Å². The lowest BCUT2D eigenvalue weighted by molar-refractivity contribution is -0.174. The fourth-order valence-electron chi connectivity index (χ4n) is 2.39. The number of esters is 1. The van der Waals surface area contributed by atoms with Crippen LogP contribution in [0.5, 0.6) is 0 Å². The van der Waals surface area contributed by atoms with Crippen LogP contribution in [0.1, 0.15) is 32.3 Å². The van der Waals surface area contributed by atoms with Gasteiger partial charge in [-0.25, -0.2) is 0 Å². The fraction of sp³-hybridized carbons (Fsp3) is 0.562. The molecule has 0 aliphatic carbocycles. The van der Waals surface area contributed by atoms with E-state index in [9.17, 15) is 4.79 Å². The number of hydrogen-bond donors (Lipinski definition) is 1. The molecule has 1 aromatic carbocycles. The molecule has 3 nitrogen and oxygen atoms in total. The molecule has 1 aliphatic heterocycles. The van der Waals surface area contributed by atoms with Crippen molar-refractivity contribution >= 4 is 17.6 Å². The number of rotatable bonds is 4. The van der Waals surface area contributed by atoms with Gasteiger partial charge in [-0.1, -0.05) is 30.3 Å². The SMILES string of the molecule is CC(C)(CCl)C(=O)OC1(c2ccccc2)CCNCC1. The van der Waals surface area contributed by atoms with Crippen molar-refractivity contribution in [1.29, 1.82) is 0 Å². The Balaban J connectivity index is 2.27. The van der Waals surface area contributed by atoms with Crippen molar-refractivity contribution in [3.8, 4) is 0 Å². The van der Waals surface area contributed by atoms with E-state index in [1.807, 2.05) is 44.2 Å². The van der Waals surface area contributed by atoms with Gasteiger partial charge in [0.1, 0.15) is 5.60 Å². The molecule has 1 aromatic rings. The maximum atomic E-state index is 12.4. The van der Waals surface area contributed by atoms with Crippen LogP contribution >= 0.6 is 11.6 Å². The maximum absolute atomic E-state index is 12.4. The van der Waals surface area contributed by atoms with Gasteiger partial charge in [-0.05, 0) is 32.5 Å². The number of carbonyl (C=O) groups excluding carboxylic acids is 1. The average Bonchev–Trinajstić information content (AvgIpc) is 2.49. The molecule has 1 aliphatic rings. The summed E-state index contributed by atoms with van der Waals surface area (Å²) < 4.78 is 5.96. The van der Waals surface area contributed by atoms with E-state index in [0.29, 0.717) is 0 Å². The first-order valence-corrected chi connectivity index (χ1v) is 7.59. The number of ether oxygens (including phenoxy) is 1. The Morgan fingerprint density at radius 3 is 2.45 bits per heavy atom. The lowest BCUT2D eigenvalue weighted by Crippen LogP contribution is -2.45. The first kappa shape index (κ1) is 15.3. The minimum absolute atomic E-state index is 0.224. The largest absolute Gasteiger partial charge is 0.454 e. The van der Waals surface area contributed by atoms with E-state index in [2.05, 4.69) is 5.32 Å². The summed E-state index contributed by atoms with van der Waals surface area (Å²) in [7, 11) is 0. The number of nitrogens with one attached hydrogen (secondary N) is 1. The van der Waals surface area contributed by atoms with Crippen LogP contribution in [-0.4, -0.2) is 24.9 Å². The van der Waals surface area contributed by atoms with E-state index in [-0.39, 0.29) is 11.8 Å². The van der Waals surface area contributed by atoms with Gasteiger partial charge in [0.2, 0.25) is 0 Å². The van der Waals surface area contributed by atoms with Crippen molar-refractivity contribution in [3.05, 3.63) is 35.9 Å². The Morgan fingerprint density at radius 2 is 1.90 bits per heavy atom. The Kier molecular flexibility index (Phi) is 4.71. The van der Waals surface area contributed by atoms with Crippen LogP contribution in [0.15, 0.2) is 30.3 Å². The Hall–Kier alpha value is -1.06. The molecule has 1 fully saturated rings. The fourth-order valence-corrected chi connectivity index (χ4v) is 2.50. The molecule has 1 heterocycles. The normalized spacial score (nSPS) is 18.6. The molecule has 2 rings (SSSR count). The van der Waals surface area contributed by atoms with Gasteiger partial charge in [0.25, 0.3) is 0 Å². The molecule has 1 N–H and O–H groups in total. The number of benzene rings is 1. The summed E-state index contributed by atoms with van der Waals surface area (Å²) in [4.78, 5) is 12.4. The first-order chi connectivity index (χ1) is 9.50. The van der Waals surface area contributed by atoms with Crippen molar-refractivity contribution < 1.29 is 9.53 Å². The van der Waals surface area contributed by atoms with Gasteiger partial charge < -0.3 is 10.1 Å². The maximum Gasteiger partial charge on any atom is 0.313 e. The van der Waals surface area contributed by atoms with Gasteiger partial charge in [0.15, 0.2) is 0 Å². The molecule has 0 amide bonds. The first-order valence-electron chi connectivity index (χ1n) is 7.06. The summed E-state index contributed by atoms with van der Waals surface area (Å²) in [5.74, 6) is 0.0350. The van der Waals surface area contributed by atoms with Crippen LogP contribution in [-0.2, 0) is 15.1 Å². The van der Waals surface area contributed by atoms with Gasteiger partial charge in [-0.3, -0.25) is 4.79 Å². The van der Waals surface area contributed by atoms with Crippen molar-refractivity contribution in [2.24, 2.45) is 5.41 Å². The van der Waals surface area contributed by atoms with E-state index in [0.717, 1.165) is 31.5 Å². The lowest BCUT2D eigenvalue weighted by Gasteiger charge is -2.39. The number of alkyl halides is 1. The summed E-state index contributed by atoms with van der Waals surface area (Å²) in [5, 5.41) is 3.32. The minimum Gasteiger partial charge on any atom is -0.454 e. The highest BCUT2D eigenvalue weighted by molar-refractivity contribution is 6.19. The summed E-state index contributed by atoms with van der Waals surface area (Å²) in [5.41, 5.74) is -0.110.